The first-order chi connectivity index (χ1) is 16.6. The number of aromatic nitrogens is 3. The molecular weight excluding hydrogens is 529 g/mol. The number of nitrogens with zero attached hydrogens (tertiary/aromatic N) is 4. The van der Waals surface area contributed by atoms with Crippen LogP contribution >= 0.6 is 34.5 Å². The van der Waals surface area contributed by atoms with E-state index in [2.05, 4.69) is 15.4 Å². The van der Waals surface area contributed by atoms with Crippen molar-refractivity contribution in [1.82, 2.24) is 19.1 Å². The summed E-state index contributed by atoms with van der Waals surface area (Å²) >= 11 is 13.6. The number of hydrogen-bond acceptors (Lipinski definition) is 6. The Balaban J connectivity index is 1.44. The second kappa shape index (κ2) is 9.18. The second-order valence-corrected chi connectivity index (χ2v) is 12.0. The molecule has 182 valence electrons. The average molecular weight is 550 g/mol. The molecular formula is C23H21Cl2N5O3S2. The first-order valence-electron chi connectivity index (χ1n) is 10.9. The minimum absolute atomic E-state index is 0.101. The summed E-state index contributed by atoms with van der Waals surface area (Å²) in [5.41, 5.74) is 2.44. The highest BCUT2D eigenvalue weighted by Gasteiger charge is 2.39. The van der Waals surface area contributed by atoms with Crippen molar-refractivity contribution in [1.29, 1.82) is 0 Å². The van der Waals surface area contributed by atoms with Crippen LogP contribution in [0.15, 0.2) is 47.4 Å². The maximum atomic E-state index is 13.3. The Morgan fingerprint density at radius 1 is 1.14 bits per heavy atom. The van der Waals surface area contributed by atoms with Crippen molar-refractivity contribution in [2.24, 2.45) is 0 Å². The first-order valence-corrected chi connectivity index (χ1v) is 13.9. The third kappa shape index (κ3) is 4.45. The second-order valence-electron chi connectivity index (χ2n) is 8.34. The van der Waals surface area contributed by atoms with Crippen LogP contribution in [0.3, 0.4) is 0 Å². The molecule has 0 bridgehead atoms. The van der Waals surface area contributed by atoms with Crippen molar-refractivity contribution in [2.45, 2.75) is 37.6 Å². The van der Waals surface area contributed by atoms with E-state index in [4.69, 9.17) is 23.2 Å². The maximum Gasteiger partial charge on any atom is 0.243 e. The van der Waals surface area contributed by atoms with E-state index < -0.39 is 22.0 Å². The molecule has 2 aromatic heterocycles. The SMILES string of the molecule is Cc1cc(NC(=O)C2CCCN2S(=O)(=O)c2ccc(Cl)cc2)n(-c2nc3c(C)ccc(Cl)c3s2)n1. The summed E-state index contributed by atoms with van der Waals surface area (Å²) in [6.45, 7) is 4.02. The molecule has 4 aromatic rings. The summed E-state index contributed by atoms with van der Waals surface area (Å²) in [7, 11) is -3.86. The minimum Gasteiger partial charge on any atom is -0.309 e. The van der Waals surface area contributed by atoms with E-state index in [1.54, 1.807) is 10.7 Å². The van der Waals surface area contributed by atoms with E-state index in [0.717, 1.165) is 15.8 Å². The molecule has 2 aromatic carbocycles. The number of fused-ring (bicyclic) bond motifs is 1. The van der Waals surface area contributed by atoms with Crippen LogP contribution in [0.1, 0.15) is 24.1 Å². The van der Waals surface area contributed by atoms with E-state index >= 15 is 0 Å². The van der Waals surface area contributed by atoms with Gasteiger partial charge in [-0.1, -0.05) is 40.6 Å². The van der Waals surface area contributed by atoms with Crippen molar-refractivity contribution in [3.8, 4) is 5.13 Å². The van der Waals surface area contributed by atoms with Gasteiger partial charge >= 0.3 is 0 Å². The van der Waals surface area contributed by atoms with Crippen LogP contribution < -0.4 is 5.32 Å². The highest BCUT2D eigenvalue weighted by atomic mass is 35.5. The minimum atomic E-state index is -3.86. The fourth-order valence-corrected chi connectivity index (χ4v) is 7.22. The lowest BCUT2D eigenvalue weighted by Gasteiger charge is -2.23. The predicted molar refractivity (Wildman–Crippen MR) is 138 cm³/mol. The van der Waals surface area contributed by atoms with Crippen LogP contribution in [0.2, 0.25) is 10.0 Å². The summed E-state index contributed by atoms with van der Waals surface area (Å²) in [6, 6.07) is 10.6. The molecule has 1 saturated heterocycles. The zero-order chi connectivity index (χ0) is 24.9. The van der Waals surface area contributed by atoms with Gasteiger partial charge in [0.05, 0.1) is 25.8 Å². The fraction of sp³-hybridized carbons (Fsp3) is 0.261. The molecule has 1 unspecified atom stereocenters. The summed E-state index contributed by atoms with van der Waals surface area (Å²) in [4.78, 5) is 18.1. The lowest BCUT2D eigenvalue weighted by Crippen LogP contribution is -2.43. The van der Waals surface area contributed by atoms with Gasteiger partial charge in [0.25, 0.3) is 0 Å². The Bertz CT molecular complexity index is 1510. The molecule has 3 heterocycles. The molecule has 1 aliphatic rings. The predicted octanol–water partition coefficient (Wildman–Crippen LogP) is 5.20. The molecule has 35 heavy (non-hydrogen) atoms. The van der Waals surface area contributed by atoms with Crippen molar-refractivity contribution in [2.75, 3.05) is 11.9 Å². The number of carbonyl (C=O) groups is 1. The van der Waals surface area contributed by atoms with Crippen molar-refractivity contribution in [3.63, 3.8) is 0 Å². The smallest absolute Gasteiger partial charge is 0.243 e. The quantitative estimate of drug-likeness (QED) is 0.369. The number of nitrogens with one attached hydrogen (secondary N) is 1. The zero-order valence-corrected chi connectivity index (χ0v) is 22.0. The van der Waals surface area contributed by atoms with Crippen molar-refractivity contribution < 1.29 is 13.2 Å². The van der Waals surface area contributed by atoms with Gasteiger partial charge in [0, 0.05) is 17.6 Å². The Morgan fingerprint density at radius 3 is 2.60 bits per heavy atom. The van der Waals surface area contributed by atoms with Gasteiger partial charge in [0.2, 0.25) is 21.1 Å². The van der Waals surface area contributed by atoms with Gasteiger partial charge in [0.15, 0.2) is 0 Å². The lowest BCUT2D eigenvalue weighted by atomic mass is 10.2. The summed E-state index contributed by atoms with van der Waals surface area (Å²) < 4.78 is 30.1. The van der Waals surface area contributed by atoms with Gasteiger partial charge in [-0.05, 0) is 62.6 Å². The number of carbonyl (C=O) groups excluding carboxylic acids is 1. The fourth-order valence-electron chi connectivity index (χ4n) is 4.16. The lowest BCUT2D eigenvalue weighted by molar-refractivity contribution is -0.119. The van der Waals surface area contributed by atoms with Gasteiger partial charge in [0.1, 0.15) is 11.9 Å². The summed E-state index contributed by atoms with van der Waals surface area (Å²) in [5.74, 6) is -0.00687. The Morgan fingerprint density at radius 2 is 1.89 bits per heavy atom. The number of amides is 1. The summed E-state index contributed by atoms with van der Waals surface area (Å²) in [6.07, 6.45) is 1.00. The molecule has 1 fully saturated rings. The zero-order valence-electron chi connectivity index (χ0n) is 18.8. The third-order valence-electron chi connectivity index (χ3n) is 5.88. The maximum absolute atomic E-state index is 13.3. The number of halogens is 2. The Labute approximate surface area is 216 Å². The van der Waals surface area contributed by atoms with E-state index in [9.17, 15) is 13.2 Å². The molecule has 12 heteroatoms. The molecule has 1 aliphatic heterocycles. The average Bonchev–Trinajstić information content (AvgIpc) is 3.55. The van der Waals surface area contributed by atoms with Gasteiger partial charge < -0.3 is 5.32 Å². The van der Waals surface area contributed by atoms with Gasteiger partial charge in [-0.3, -0.25) is 4.79 Å². The van der Waals surface area contributed by atoms with Crippen LogP contribution in [0, 0.1) is 13.8 Å². The molecule has 8 nitrogen and oxygen atoms in total. The van der Waals surface area contributed by atoms with Gasteiger partial charge in [-0.15, -0.1) is 0 Å². The van der Waals surface area contributed by atoms with E-state index in [-0.39, 0.29) is 11.4 Å². The number of benzene rings is 2. The van der Waals surface area contributed by atoms with Crippen LogP contribution in [0.25, 0.3) is 15.3 Å². The molecule has 1 N–H and O–H groups in total. The van der Waals surface area contributed by atoms with E-state index in [0.29, 0.717) is 39.5 Å². The monoisotopic (exact) mass is 549 g/mol. The van der Waals surface area contributed by atoms with Gasteiger partial charge in [-0.2, -0.15) is 14.1 Å². The molecule has 0 radical (unpaired) electrons. The number of hydrogen-bond donors (Lipinski definition) is 1. The molecule has 0 saturated carbocycles. The van der Waals surface area contributed by atoms with Crippen LogP contribution in [0.5, 0.6) is 0 Å². The number of anilines is 1. The number of aryl methyl sites for hydroxylation is 2. The molecule has 1 atom stereocenters. The Hall–Kier alpha value is -2.50. The third-order valence-corrected chi connectivity index (χ3v) is 9.54. The summed E-state index contributed by atoms with van der Waals surface area (Å²) in [5, 5.41) is 8.96. The topological polar surface area (TPSA) is 97.2 Å². The van der Waals surface area contributed by atoms with Crippen LogP contribution in [0.4, 0.5) is 5.82 Å². The number of thiazole rings is 1. The van der Waals surface area contributed by atoms with E-state index in [1.165, 1.54) is 39.9 Å². The normalized spacial score (nSPS) is 16.7. The number of rotatable bonds is 5. The van der Waals surface area contributed by atoms with E-state index in [1.807, 2.05) is 26.0 Å². The van der Waals surface area contributed by atoms with Gasteiger partial charge in [-0.25, -0.2) is 13.4 Å². The molecule has 0 spiro atoms. The number of sulfonamides is 1. The largest absolute Gasteiger partial charge is 0.309 e. The van der Waals surface area contributed by atoms with Crippen LogP contribution in [-0.4, -0.2) is 46.0 Å². The van der Waals surface area contributed by atoms with Crippen molar-refractivity contribution >= 4 is 66.5 Å². The Kier molecular flexibility index (Phi) is 6.35. The standard InChI is InChI=1S/C23H21Cl2N5O3S2/c1-13-5-10-17(25)21-20(13)27-23(34-21)30-19(12-14(2)28-30)26-22(31)18-4-3-11-29(18)35(32,33)16-8-6-15(24)7-9-16/h5-10,12,18H,3-4,11H2,1-2H3,(H,26,31). The molecule has 5 rings (SSSR count). The molecule has 1 amide bonds. The molecule has 0 aliphatic carbocycles. The van der Waals surface area contributed by atoms with Crippen LogP contribution in [-0.2, 0) is 14.8 Å². The highest BCUT2D eigenvalue weighted by Crippen LogP contribution is 2.34. The first kappa shape index (κ1) is 24.2. The van der Waals surface area contributed by atoms with Crippen molar-refractivity contribution in [3.05, 3.63) is 63.8 Å². The highest BCUT2D eigenvalue weighted by molar-refractivity contribution is 7.89.